The summed E-state index contributed by atoms with van der Waals surface area (Å²) in [6.45, 7) is 7.05. The van der Waals surface area contributed by atoms with E-state index >= 15 is 0 Å². The minimum atomic E-state index is -0.729. The molecule has 4 aliphatic carbocycles. The SMILES string of the molecule is C[C@@]1([O-])CC[C@@]2(C)C(CCC3C2CC[C@]2(C)C(C(=O)COc4ccc5c(ccc[n+]5CI)c4)CCC32)C1. The molecule has 4 nitrogen and oxygen atoms in total. The molecule has 0 saturated heterocycles. The second kappa shape index (κ2) is 9.46. The van der Waals surface area contributed by atoms with Crippen LogP contribution in [0.5, 0.6) is 5.75 Å². The molecular formula is C32H42INO3. The van der Waals surface area contributed by atoms with Gasteiger partial charge in [-0.2, -0.15) is 4.57 Å². The first kappa shape index (κ1) is 26.0. The summed E-state index contributed by atoms with van der Waals surface area (Å²) >= 11 is 2.37. The first-order valence-corrected chi connectivity index (χ1v) is 16.0. The Morgan fingerprint density at radius 3 is 2.65 bits per heavy atom. The van der Waals surface area contributed by atoms with Crippen molar-refractivity contribution in [1.82, 2.24) is 0 Å². The molecule has 200 valence electrons. The van der Waals surface area contributed by atoms with Crippen molar-refractivity contribution in [3.63, 3.8) is 0 Å². The van der Waals surface area contributed by atoms with E-state index in [0.29, 0.717) is 23.0 Å². The van der Waals surface area contributed by atoms with Gasteiger partial charge in [0.25, 0.3) is 0 Å². The van der Waals surface area contributed by atoms with Crippen LogP contribution in [-0.2, 0) is 9.35 Å². The Hall–Kier alpha value is -1.21. The average molecular weight is 616 g/mol. The highest BCUT2D eigenvalue weighted by Crippen LogP contribution is 2.67. The van der Waals surface area contributed by atoms with E-state index in [1.807, 2.05) is 13.0 Å². The number of ether oxygens (including phenoxy) is 1. The third kappa shape index (κ3) is 4.34. The average Bonchev–Trinajstić information content (AvgIpc) is 3.24. The Kier molecular flexibility index (Phi) is 6.66. The number of pyridine rings is 1. The number of nitrogens with zero attached hydrogens (tertiary/aromatic N) is 1. The summed E-state index contributed by atoms with van der Waals surface area (Å²) in [7, 11) is 0. The first-order chi connectivity index (χ1) is 17.6. The molecule has 5 heteroatoms. The van der Waals surface area contributed by atoms with Crippen molar-refractivity contribution < 1.29 is 19.2 Å². The smallest absolute Gasteiger partial charge is 0.213 e. The zero-order chi connectivity index (χ0) is 26.0. The monoisotopic (exact) mass is 615 g/mol. The second-order valence-electron chi connectivity index (χ2n) is 13.6. The van der Waals surface area contributed by atoms with Crippen LogP contribution in [0.3, 0.4) is 0 Å². The molecular weight excluding hydrogens is 573 g/mol. The number of halogens is 1. The molecule has 6 rings (SSSR count). The highest BCUT2D eigenvalue weighted by molar-refractivity contribution is 14.1. The molecule has 1 heterocycles. The molecule has 1 aromatic heterocycles. The van der Waals surface area contributed by atoms with Crippen molar-refractivity contribution in [1.29, 1.82) is 0 Å². The number of hydrogen-bond acceptors (Lipinski definition) is 3. The Morgan fingerprint density at radius 1 is 1.03 bits per heavy atom. The number of rotatable bonds is 5. The fraction of sp³-hybridized carbons (Fsp3) is 0.688. The number of Topliss-reactive ketones (excluding diaryl/α,β-unsaturated/α-hetero) is 1. The summed E-state index contributed by atoms with van der Waals surface area (Å²) < 4.78 is 9.22. The number of aromatic nitrogens is 1. The highest BCUT2D eigenvalue weighted by Gasteiger charge is 2.61. The second-order valence-corrected chi connectivity index (χ2v) is 14.2. The Morgan fingerprint density at radius 2 is 1.84 bits per heavy atom. The summed E-state index contributed by atoms with van der Waals surface area (Å²) in [4.78, 5) is 13.6. The highest BCUT2D eigenvalue weighted by atomic mass is 127. The molecule has 4 fully saturated rings. The topological polar surface area (TPSA) is 53.2 Å². The molecule has 0 spiro atoms. The summed E-state index contributed by atoms with van der Waals surface area (Å²) in [6.07, 6.45) is 11.9. The predicted molar refractivity (Wildman–Crippen MR) is 152 cm³/mol. The van der Waals surface area contributed by atoms with Crippen molar-refractivity contribution in [3.05, 3.63) is 36.5 Å². The number of carbonyl (C=O) groups excluding carboxylic acids is 1. The van der Waals surface area contributed by atoms with Gasteiger partial charge in [0.05, 0.1) is 5.39 Å². The Labute approximate surface area is 235 Å². The number of benzene rings is 1. The molecule has 0 aliphatic heterocycles. The van der Waals surface area contributed by atoms with Gasteiger partial charge in [-0.1, -0.05) is 33.6 Å². The van der Waals surface area contributed by atoms with Crippen LogP contribution < -0.4 is 14.4 Å². The molecule has 8 atom stereocenters. The quantitative estimate of drug-likeness (QED) is 0.227. The van der Waals surface area contributed by atoms with E-state index in [0.717, 1.165) is 59.6 Å². The lowest BCUT2D eigenvalue weighted by Crippen LogP contribution is -2.58. The largest absolute Gasteiger partial charge is 0.850 e. The molecule has 4 aliphatic rings. The molecule has 0 bridgehead atoms. The molecule has 4 saturated carbocycles. The van der Waals surface area contributed by atoms with Crippen LogP contribution in [0, 0.1) is 40.4 Å². The zero-order valence-corrected chi connectivity index (χ0v) is 24.8. The van der Waals surface area contributed by atoms with Gasteiger partial charge in [0.2, 0.25) is 5.52 Å². The van der Waals surface area contributed by atoms with E-state index < -0.39 is 5.60 Å². The zero-order valence-electron chi connectivity index (χ0n) is 22.7. The lowest BCUT2D eigenvalue weighted by atomic mass is 9.44. The van der Waals surface area contributed by atoms with E-state index in [1.54, 1.807) is 0 Å². The van der Waals surface area contributed by atoms with Crippen LogP contribution >= 0.6 is 22.6 Å². The maximum Gasteiger partial charge on any atom is 0.213 e. The lowest BCUT2D eigenvalue weighted by Gasteiger charge is -2.63. The third-order valence-corrected chi connectivity index (χ3v) is 12.4. The molecule has 2 aromatic rings. The normalized spacial score (nSPS) is 41.1. The van der Waals surface area contributed by atoms with Crippen LogP contribution in [0.25, 0.3) is 10.9 Å². The summed E-state index contributed by atoms with van der Waals surface area (Å²) in [5.41, 5.74) is 0.874. The van der Waals surface area contributed by atoms with Crippen LogP contribution in [-0.4, -0.2) is 18.0 Å². The lowest BCUT2D eigenvalue weighted by molar-refractivity contribution is -0.644. The standard InChI is InChI=1S/C32H42INO3/c1-30(36)14-15-31(2)22(18-30)6-8-24-25-9-10-27(32(25,3)13-12-26(24)31)29(35)19-37-23-7-11-28-21(17-23)5-4-16-34(28)20-33/h4-5,7,11,16-17,22,24-27H,6,8-10,12-15,18-20H2,1-3H3/t22?,24?,25?,26?,27?,30-,31+,32+/m1/s1. The Bertz CT molecular complexity index is 1200. The van der Waals surface area contributed by atoms with Crippen LogP contribution in [0.4, 0.5) is 0 Å². The van der Waals surface area contributed by atoms with Gasteiger partial charge >= 0.3 is 0 Å². The summed E-state index contributed by atoms with van der Waals surface area (Å²) in [5.74, 6) is 3.87. The van der Waals surface area contributed by atoms with Gasteiger partial charge in [-0.25, -0.2) is 0 Å². The molecule has 0 N–H and O–H groups in total. The van der Waals surface area contributed by atoms with Crippen LogP contribution in [0.2, 0.25) is 0 Å². The van der Waals surface area contributed by atoms with E-state index in [-0.39, 0.29) is 17.9 Å². The van der Waals surface area contributed by atoms with E-state index in [1.165, 1.54) is 31.2 Å². The van der Waals surface area contributed by atoms with Crippen molar-refractivity contribution >= 4 is 39.3 Å². The van der Waals surface area contributed by atoms with Gasteiger partial charge < -0.3 is 9.84 Å². The summed E-state index contributed by atoms with van der Waals surface area (Å²) in [5, 5.41) is 14.0. The predicted octanol–water partition coefficient (Wildman–Crippen LogP) is 6.25. The van der Waals surface area contributed by atoms with E-state index in [9.17, 15) is 9.90 Å². The van der Waals surface area contributed by atoms with E-state index in [4.69, 9.17) is 4.74 Å². The van der Waals surface area contributed by atoms with Gasteiger partial charge in [0, 0.05) is 18.1 Å². The first-order valence-electron chi connectivity index (χ1n) is 14.5. The maximum absolute atomic E-state index is 13.6. The molecule has 5 unspecified atom stereocenters. The fourth-order valence-corrected chi connectivity index (χ4v) is 10.2. The molecule has 37 heavy (non-hydrogen) atoms. The van der Waals surface area contributed by atoms with Gasteiger partial charge in [0.1, 0.15) is 12.4 Å². The van der Waals surface area contributed by atoms with Gasteiger partial charge in [-0.3, -0.25) is 4.79 Å². The number of ketones is 1. The third-order valence-electron chi connectivity index (χ3n) is 11.7. The van der Waals surface area contributed by atoms with Crippen molar-refractivity contribution in [3.8, 4) is 5.75 Å². The number of alkyl halides is 1. The minimum Gasteiger partial charge on any atom is -0.850 e. The van der Waals surface area contributed by atoms with Crippen molar-refractivity contribution in [2.75, 3.05) is 6.61 Å². The van der Waals surface area contributed by atoms with Gasteiger partial charge in [-0.15, -0.1) is 5.60 Å². The fourth-order valence-electron chi connectivity index (χ4n) is 9.65. The van der Waals surface area contributed by atoms with Crippen LogP contribution in [0.15, 0.2) is 36.5 Å². The van der Waals surface area contributed by atoms with Crippen LogP contribution in [0.1, 0.15) is 78.6 Å². The number of hydrogen-bond donors (Lipinski definition) is 0. The van der Waals surface area contributed by atoms with Crippen molar-refractivity contribution in [2.24, 2.45) is 40.4 Å². The number of fused-ring (bicyclic) bond motifs is 6. The number of carbonyl (C=O) groups is 1. The molecule has 0 radical (unpaired) electrons. The molecule has 0 amide bonds. The van der Waals surface area contributed by atoms with Crippen molar-refractivity contribution in [2.45, 2.75) is 88.7 Å². The Balaban J connectivity index is 1.14. The van der Waals surface area contributed by atoms with E-state index in [2.05, 4.69) is 71.5 Å². The summed E-state index contributed by atoms with van der Waals surface area (Å²) in [6, 6.07) is 10.3. The minimum absolute atomic E-state index is 0.0989. The van der Waals surface area contributed by atoms with Gasteiger partial charge in [0.15, 0.2) is 16.5 Å². The van der Waals surface area contributed by atoms with Gasteiger partial charge in [-0.05, 0) is 120 Å². The molecule has 1 aromatic carbocycles. The maximum atomic E-state index is 13.6.